The SMILES string of the molecule is Cc1cc(CN)cnc1SCc1ccc(Cl)cc1. The van der Waals surface area contributed by atoms with E-state index in [2.05, 4.69) is 18.0 Å². The van der Waals surface area contributed by atoms with Crippen LogP contribution in [0, 0.1) is 6.92 Å². The third kappa shape index (κ3) is 3.48. The van der Waals surface area contributed by atoms with Gasteiger partial charge in [-0.3, -0.25) is 0 Å². The molecule has 0 spiro atoms. The van der Waals surface area contributed by atoms with Gasteiger partial charge in [0.1, 0.15) is 0 Å². The molecule has 0 bridgehead atoms. The van der Waals surface area contributed by atoms with Gasteiger partial charge >= 0.3 is 0 Å². The molecule has 0 atom stereocenters. The van der Waals surface area contributed by atoms with Gasteiger partial charge in [0.05, 0.1) is 5.03 Å². The fourth-order valence-corrected chi connectivity index (χ4v) is 2.65. The van der Waals surface area contributed by atoms with Crippen LogP contribution in [0.15, 0.2) is 41.6 Å². The summed E-state index contributed by atoms with van der Waals surface area (Å²) in [6.45, 7) is 2.60. The summed E-state index contributed by atoms with van der Waals surface area (Å²) in [7, 11) is 0. The molecule has 0 aliphatic heterocycles. The standard InChI is InChI=1S/C14H15ClN2S/c1-10-6-12(7-16)8-17-14(10)18-9-11-2-4-13(15)5-3-11/h2-6,8H,7,9,16H2,1H3. The van der Waals surface area contributed by atoms with Crippen LogP contribution in [0.5, 0.6) is 0 Å². The predicted molar refractivity (Wildman–Crippen MR) is 77.9 cm³/mol. The Bertz CT molecular complexity index is 526. The number of hydrogen-bond donors (Lipinski definition) is 1. The first-order chi connectivity index (χ1) is 8.69. The van der Waals surface area contributed by atoms with Gasteiger partial charge in [-0.05, 0) is 35.7 Å². The van der Waals surface area contributed by atoms with E-state index in [9.17, 15) is 0 Å². The molecule has 18 heavy (non-hydrogen) atoms. The topological polar surface area (TPSA) is 38.9 Å². The average Bonchev–Trinajstić information content (AvgIpc) is 2.39. The van der Waals surface area contributed by atoms with Crippen LogP contribution in [0.1, 0.15) is 16.7 Å². The van der Waals surface area contributed by atoms with E-state index < -0.39 is 0 Å². The highest BCUT2D eigenvalue weighted by molar-refractivity contribution is 7.98. The normalized spacial score (nSPS) is 10.6. The van der Waals surface area contributed by atoms with Gasteiger partial charge in [0.15, 0.2) is 0 Å². The monoisotopic (exact) mass is 278 g/mol. The number of aryl methyl sites for hydroxylation is 1. The van der Waals surface area contributed by atoms with Crippen molar-refractivity contribution < 1.29 is 0 Å². The third-order valence-corrected chi connectivity index (χ3v) is 4.04. The van der Waals surface area contributed by atoms with Crippen molar-refractivity contribution in [3.05, 3.63) is 58.2 Å². The van der Waals surface area contributed by atoms with Crippen LogP contribution in [0.3, 0.4) is 0 Å². The van der Waals surface area contributed by atoms with Gasteiger partial charge in [-0.1, -0.05) is 29.8 Å². The number of halogens is 1. The second-order valence-electron chi connectivity index (χ2n) is 4.08. The van der Waals surface area contributed by atoms with E-state index in [1.54, 1.807) is 11.8 Å². The van der Waals surface area contributed by atoms with E-state index >= 15 is 0 Å². The van der Waals surface area contributed by atoms with Crippen LogP contribution < -0.4 is 5.73 Å². The zero-order valence-electron chi connectivity index (χ0n) is 10.2. The molecule has 2 nitrogen and oxygen atoms in total. The molecule has 2 aromatic rings. The van der Waals surface area contributed by atoms with Gasteiger partial charge in [-0.2, -0.15) is 0 Å². The summed E-state index contributed by atoms with van der Waals surface area (Å²) in [5.74, 6) is 0.896. The zero-order valence-corrected chi connectivity index (χ0v) is 11.8. The van der Waals surface area contributed by atoms with Gasteiger partial charge in [-0.25, -0.2) is 4.98 Å². The first-order valence-corrected chi connectivity index (χ1v) is 7.08. The molecular weight excluding hydrogens is 264 g/mol. The number of aromatic nitrogens is 1. The lowest BCUT2D eigenvalue weighted by Gasteiger charge is -2.06. The van der Waals surface area contributed by atoms with E-state index in [-0.39, 0.29) is 0 Å². The van der Waals surface area contributed by atoms with Crippen LogP contribution in [0.4, 0.5) is 0 Å². The second kappa shape index (κ2) is 6.23. The zero-order chi connectivity index (χ0) is 13.0. The Balaban J connectivity index is 2.04. The molecule has 94 valence electrons. The smallest absolute Gasteiger partial charge is 0.0992 e. The minimum absolute atomic E-state index is 0.538. The molecule has 0 aliphatic carbocycles. The summed E-state index contributed by atoms with van der Waals surface area (Å²) < 4.78 is 0. The Hall–Kier alpha value is -1.03. The molecule has 0 unspecified atom stereocenters. The van der Waals surface area contributed by atoms with Gasteiger partial charge in [0, 0.05) is 23.5 Å². The lowest BCUT2D eigenvalue weighted by atomic mass is 10.2. The fourth-order valence-electron chi connectivity index (χ4n) is 1.62. The molecule has 0 fully saturated rings. The summed E-state index contributed by atoms with van der Waals surface area (Å²) in [6.07, 6.45) is 1.84. The molecule has 0 radical (unpaired) electrons. The number of nitrogens with two attached hydrogens (primary N) is 1. The van der Waals surface area contributed by atoms with Crippen molar-refractivity contribution in [2.24, 2.45) is 5.73 Å². The summed E-state index contributed by atoms with van der Waals surface area (Å²) in [5.41, 5.74) is 9.08. The Kier molecular flexibility index (Phi) is 4.64. The summed E-state index contributed by atoms with van der Waals surface area (Å²) in [4.78, 5) is 4.44. The van der Waals surface area contributed by atoms with Crippen molar-refractivity contribution >= 4 is 23.4 Å². The largest absolute Gasteiger partial charge is 0.326 e. The molecule has 0 saturated heterocycles. The number of nitrogens with zero attached hydrogens (tertiary/aromatic N) is 1. The molecular formula is C14H15ClN2S. The van der Waals surface area contributed by atoms with Crippen molar-refractivity contribution in [1.82, 2.24) is 4.98 Å². The molecule has 4 heteroatoms. The van der Waals surface area contributed by atoms with Crippen LogP contribution in [-0.2, 0) is 12.3 Å². The van der Waals surface area contributed by atoms with Crippen molar-refractivity contribution in [3.63, 3.8) is 0 Å². The fraction of sp³-hybridized carbons (Fsp3) is 0.214. The van der Waals surface area contributed by atoms with E-state index in [4.69, 9.17) is 17.3 Å². The Morgan fingerprint density at radius 2 is 1.94 bits per heavy atom. The molecule has 1 aromatic heterocycles. The molecule has 0 saturated carbocycles. The maximum absolute atomic E-state index is 5.86. The molecule has 2 N–H and O–H groups in total. The summed E-state index contributed by atoms with van der Waals surface area (Å²) in [5, 5.41) is 1.83. The van der Waals surface area contributed by atoms with E-state index in [1.165, 1.54) is 11.1 Å². The van der Waals surface area contributed by atoms with Crippen LogP contribution in [-0.4, -0.2) is 4.98 Å². The summed E-state index contributed by atoms with van der Waals surface area (Å²) >= 11 is 7.59. The van der Waals surface area contributed by atoms with Crippen LogP contribution >= 0.6 is 23.4 Å². The van der Waals surface area contributed by atoms with Crippen molar-refractivity contribution in [1.29, 1.82) is 0 Å². The van der Waals surface area contributed by atoms with Crippen molar-refractivity contribution in [3.8, 4) is 0 Å². The lowest BCUT2D eigenvalue weighted by molar-refractivity contribution is 0.988. The Morgan fingerprint density at radius 1 is 1.22 bits per heavy atom. The Labute approximate surface area is 117 Å². The van der Waals surface area contributed by atoms with E-state index in [0.717, 1.165) is 21.4 Å². The number of rotatable bonds is 4. The van der Waals surface area contributed by atoms with Gasteiger partial charge < -0.3 is 5.73 Å². The van der Waals surface area contributed by atoms with E-state index in [0.29, 0.717) is 6.54 Å². The minimum atomic E-state index is 0.538. The van der Waals surface area contributed by atoms with Crippen molar-refractivity contribution in [2.45, 2.75) is 24.2 Å². The maximum atomic E-state index is 5.86. The average molecular weight is 279 g/mol. The number of thioether (sulfide) groups is 1. The number of pyridine rings is 1. The quantitative estimate of drug-likeness (QED) is 0.865. The molecule has 1 heterocycles. The lowest BCUT2D eigenvalue weighted by Crippen LogP contribution is -1.98. The molecule has 2 rings (SSSR count). The molecule has 1 aromatic carbocycles. The van der Waals surface area contributed by atoms with Crippen LogP contribution in [0.25, 0.3) is 0 Å². The van der Waals surface area contributed by atoms with Crippen molar-refractivity contribution in [2.75, 3.05) is 0 Å². The third-order valence-electron chi connectivity index (χ3n) is 2.61. The Morgan fingerprint density at radius 3 is 2.56 bits per heavy atom. The number of hydrogen-bond acceptors (Lipinski definition) is 3. The van der Waals surface area contributed by atoms with E-state index in [1.807, 2.05) is 30.5 Å². The second-order valence-corrected chi connectivity index (χ2v) is 5.49. The van der Waals surface area contributed by atoms with Gasteiger partial charge in [-0.15, -0.1) is 11.8 Å². The summed E-state index contributed by atoms with van der Waals surface area (Å²) in [6, 6.07) is 10.00. The van der Waals surface area contributed by atoms with Gasteiger partial charge in [0.2, 0.25) is 0 Å². The maximum Gasteiger partial charge on any atom is 0.0992 e. The molecule has 0 amide bonds. The first kappa shape index (κ1) is 13.4. The van der Waals surface area contributed by atoms with Crippen LogP contribution in [0.2, 0.25) is 5.02 Å². The predicted octanol–water partition coefficient (Wildman–Crippen LogP) is 3.79. The molecule has 0 aliphatic rings. The first-order valence-electron chi connectivity index (χ1n) is 5.72. The highest BCUT2D eigenvalue weighted by Gasteiger charge is 2.03. The number of benzene rings is 1. The highest BCUT2D eigenvalue weighted by Crippen LogP contribution is 2.25. The van der Waals surface area contributed by atoms with Gasteiger partial charge in [0.25, 0.3) is 0 Å². The highest BCUT2D eigenvalue weighted by atomic mass is 35.5. The minimum Gasteiger partial charge on any atom is -0.326 e.